The third-order valence-electron chi connectivity index (χ3n) is 3.50. The molecule has 1 aromatic rings. The molecule has 1 unspecified atom stereocenters. The Kier molecular flexibility index (Phi) is 5.03. The number of rotatable bonds is 5. The average Bonchev–Trinajstić information content (AvgIpc) is 2.86. The number of anilines is 1. The normalized spacial score (nSPS) is 19.5. The second kappa shape index (κ2) is 6.60. The van der Waals surface area contributed by atoms with E-state index in [2.05, 4.69) is 29.1 Å². The molecule has 1 fully saturated rings. The molecule has 1 atom stereocenters. The molecule has 0 amide bonds. The third-order valence-corrected chi connectivity index (χ3v) is 3.50. The quantitative estimate of drug-likeness (QED) is 0.908. The van der Waals surface area contributed by atoms with Crippen molar-refractivity contribution in [3.05, 3.63) is 18.0 Å². The highest BCUT2D eigenvalue weighted by Crippen LogP contribution is 2.29. The molecular weight excluding hydrogens is 281 g/mol. The lowest BCUT2D eigenvalue weighted by molar-refractivity contribution is -0.141. The molecular formula is C14H21F3N4. The van der Waals surface area contributed by atoms with Gasteiger partial charge in [0.25, 0.3) is 0 Å². The molecule has 1 N–H and O–H groups in total. The van der Waals surface area contributed by atoms with Gasteiger partial charge in [-0.1, -0.05) is 13.8 Å². The maximum absolute atomic E-state index is 12.7. The fraction of sp³-hybridized carbons (Fsp3) is 0.714. The lowest BCUT2D eigenvalue weighted by Gasteiger charge is -2.25. The van der Waals surface area contributed by atoms with Crippen molar-refractivity contribution < 1.29 is 13.2 Å². The monoisotopic (exact) mass is 302 g/mol. The molecule has 21 heavy (non-hydrogen) atoms. The van der Waals surface area contributed by atoms with Crippen LogP contribution in [0.2, 0.25) is 0 Å². The Morgan fingerprint density at radius 2 is 2.19 bits per heavy atom. The van der Waals surface area contributed by atoms with Crippen molar-refractivity contribution in [1.82, 2.24) is 15.3 Å². The van der Waals surface area contributed by atoms with E-state index >= 15 is 0 Å². The van der Waals surface area contributed by atoms with Crippen LogP contribution in [0.1, 0.15) is 32.4 Å². The van der Waals surface area contributed by atoms with Crippen molar-refractivity contribution in [1.29, 1.82) is 0 Å². The molecule has 7 heteroatoms. The molecule has 4 nitrogen and oxygen atoms in total. The third kappa shape index (κ3) is 4.30. The summed E-state index contributed by atoms with van der Waals surface area (Å²) in [6.07, 6.45) is -1.34. The molecule has 1 saturated heterocycles. The Balaban J connectivity index is 2.06. The minimum Gasteiger partial charge on any atom is -0.337 e. The first-order valence-electron chi connectivity index (χ1n) is 7.25. The minimum atomic E-state index is -4.43. The van der Waals surface area contributed by atoms with Crippen LogP contribution in [0.25, 0.3) is 0 Å². The topological polar surface area (TPSA) is 41.0 Å². The van der Waals surface area contributed by atoms with Gasteiger partial charge in [0.1, 0.15) is 5.69 Å². The van der Waals surface area contributed by atoms with Crippen molar-refractivity contribution >= 4 is 5.95 Å². The van der Waals surface area contributed by atoms with Gasteiger partial charge in [0.2, 0.25) is 5.95 Å². The first kappa shape index (κ1) is 16.0. The molecule has 0 aliphatic carbocycles. The SMILES string of the molecule is CC(C)CNCC1CCCN1c1nccc(C(F)(F)F)n1. The average molecular weight is 302 g/mol. The highest BCUT2D eigenvalue weighted by atomic mass is 19.4. The van der Waals surface area contributed by atoms with E-state index in [1.54, 1.807) is 0 Å². The van der Waals surface area contributed by atoms with Gasteiger partial charge in [-0.2, -0.15) is 13.2 Å². The number of hydrogen-bond donors (Lipinski definition) is 1. The van der Waals surface area contributed by atoms with E-state index in [0.29, 0.717) is 12.5 Å². The molecule has 1 aliphatic rings. The van der Waals surface area contributed by atoms with Crippen LogP contribution >= 0.6 is 0 Å². The van der Waals surface area contributed by atoms with E-state index in [1.807, 2.05) is 4.90 Å². The molecule has 0 radical (unpaired) electrons. The van der Waals surface area contributed by atoms with Gasteiger partial charge < -0.3 is 10.2 Å². The molecule has 1 aliphatic heterocycles. The standard InChI is InChI=1S/C14H21F3N4/c1-10(2)8-18-9-11-4-3-7-21(11)13-19-6-5-12(20-13)14(15,16)17/h5-6,10-11,18H,3-4,7-9H2,1-2H3. The Bertz CT molecular complexity index is 462. The van der Waals surface area contributed by atoms with E-state index in [-0.39, 0.29) is 12.0 Å². The maximum atomic E-state index is 12.7. The van der Waals surface area contributed by atoms with Gasteiger partial charge in [-0.3, -0.25) is 0 Å². The van der Waals surface area contributed by atoms with Gasteiger partial charge in [-0.25, -0.2) is 9.97 Å². The number of nitrogens with one attached hydrogen (secondary N) is 1. The predicted octanol–water partition coefficient (Wildman–Crippen LogP) is 2.71. The maximum Gasteiger partial charge on any atom is 0.433 e. The Labute approximate surface area is 122 Å². The summed E-state index contributed by atoms with van der Waals surface area (Å²) in [5, 5.41) is 3.35. The summed E-state index contributed by atoms with van der Waals surface area (Å²) >= 11 is 0. The predicted molar refractivity (Wildman–Crippen MR) is 75.1 cm³/mol. The molecule has 2 heterocycles. The van der Waals surface area contributed by atoms with Crippen LogP contribution in [-0.4, -0.2) is 35.6 Å². The summed E-state index contributed by atoms with van der Waals surface area (Å²) in [6.45, 7) is 6.59. The van der Waals surface area contributed by atoms with Crippen LogP contribution in [-0.2, 0) is 6.18 Å². The van der Waals surface area contributed by atoms with Crippen LogP contribution in [0.4, 0.5) is 19.1 Å². The van der Waals surface area contributed by atoms with Crippen LogP contribution in [0.5, 0.6) is 0 Å². The first-order valence-corrected chi connectivity index (χ1v) is 7.25. The zero-order valence-corrected chi connectivity index (χ0v) is 12.3. The zero-order valence-electron chi connectivity index (χ0n) is 12.3. The minimum absolute atomic E-state index is 0.159. The molecule has 0 bridgehead atoms. The Morgan fingerprint density at radius 3 is 2.86 bits per heavy atom. The van der Waals surface area contributed by atoms with Crippen molar-refractivity contribution in [3.8, 4) is 0 Å². The summed E-state index contributed by atoms with van der Waals surface area (Å²) in [5.41, 5.74) is -0.881. The molecule has 1 aromatic heterocycles. The van der Waals surface area contributed by atoms with Crippen LogP contribution in [0.15, 0.2) is 12.3 Å². The molecule has 0 aromatic carbocycles. The molecule has 0 spiro atoms. The van der Waals surface area contributed by atoms with E-state index in [0.717, 1.165) is 32.0 Å². The van der Waals surface area contributed by atoms with Crippen molar-refractivity contribution in [2.24, 2.45) is 5.92 Å². The molecule has 2 rings (SSSR count). The fourth-order valence-electron chi connectivity index (χ4n) is 2.49. The lowest BCUT2D eigenvalue weighted by atomic mass is 10.2. The Hall–Kier alpha value is -1.37. The van der Waals surface area contributed by atoms with E-state index < -0.39 is 11.9 Å². The Morgan fingerprint density at radius 1 is 1.43 bits per heavy atom. The number of hydrogen-bond acceptors (Lipinski definition) is 4. The number of halogens is 3. The van der Waals surface area contributed by atoms with Gasteiger partial charge in [0, 0.05) is 25.3 Å². The van der Waals surface area contributed by atoms with Gasteiger partial charge in [-0.05, 0) is 31.4 Å². The number of aromatic nitrogens is 2. The van der Waals surface area contributed by atoms with Crippen LogP contribution < -0.4 is 10.2 Å². The van der Waals surface area contributed by atoms with Crippen LogP contribution in [0.3, 0.4) is 0 Å². The van der Waals surface area contributed by atoms with Gasteiger partial charge >= 0.3 is 6.18 Å². The summed E-state index contributed by atoms with van der Waals surface area (Å²) in [6, 6.07) is 1.07. The molecule has 118 valence electrons. The highest BCUT2D eigenvalue weighted by Gasteiger charge is 2.34. The zero-order chi connectivity index (χ0) is 15.5. The van der Waals surface area contributed by atoms with E-state index in [9.17, 15) is 13.2 Å². The number of nitrogens with zero attached hydrogens (tertiary/aromatic N) is 3. The summed E-state index contributed by atoms with van der Waals surface area (Å²) in [5.74, 6) is 0.725. The fourth-order valence-corrected chi connectivity index (χ4v) is 2.49. The highest BCUT2D eigenvalue weighted by molar-refractivity contribution is 5.34. The second-order valence-corrected chi connectivity index (χ2v) is 5.78. The largest absolute Gasteiger partial charge is 0.433 e. The van der Waals surface area contributed by atoms with E-state index in [4.69, 9.17) is 0 Å². The first-order chi connectivity index (χ1) is 9.88. The van der Waals surface area contributed by atoms with Crippen LogP contribution in [0, 0.1) is 5.92 Å². The molecule has 0 saturated carbocycles. The van der Waals surface area contributed by atoms with Gasteiger partial charge in [-0.15, -0.1) is 0 Å². The van der Waals surface area contributed by atoms with Crippen molar-refractivity contribution in [2.45, 2.75) is 38.9 Å². The van der Waals surface area contributed by atoms with E-state index in [1.165, 1.54) is 6.20 Å². The van der Waals surface area contributed by atoms with Crippen molar-refractivity contribution in [3.63, 3.8) is 0 Å². The van der Waals surface area contributed by atoms with Crippen molar-refractivity contribution in [2.75, 3.05) is 24.5 Å². The lowest BCUT2D eigenvalue weighted by Crippen LogP contribution is -2.40. The van der Waals surface area contributed by atoms with Gasteiger partial charge in [0.15, 0.2) is 0 Å². The number of alkyl halides is 3. The summed E-state index contributed by atoms with van der Waals surface area (Å²) < 4.78 is 38.2. The van der Waals surface area contributed by atoms with Gasteiger partial charge in [0.05, 0.1) is 0 Å². The summed E-state index contributed by atoms with van der Waals surface area (Å²) in [4.78, 5) is 9.57. The second-order valence-electron chi connectivity index (χ2n) is 5.78. The smallest absolute Gasteiger partial charge is 0.337 e. The summed E-state index contributed by atoms with van der Waals surface area (Å²) in [7, 11) is 0.